The smallest absolute Gasteiger partial charge is 0.264 e. The topological polar surface area (TPSA) is 110 Å². The van der Waals surface area contributed by atoms with Crippen LogP contribution in [0.1, 0.15) is 25.3 Å². The van der Waals surface area contributed by atoms with Crippen LogP contribution in [-0.2, 0) is 14.8 Å². The molecule has 3 aromatic rings. The molecule has 1 heterocycles. The SMILES string of the molecule is CCCCOc1ccccc1/C=C/C(=O)Nc1ccc(S(=O)(=O)Nc2ncccn2)cc1. The number of amides is 1. The molecule has 3 rings (SSSR count). The molecule has 0 atom stereocenters. The third-order valence-corrected chi connectivity index (χ3v) is 5.66. The molecule has 2 aromatic carbocycles. The van der Waals surface area contributed by atoms with Crippen molar-refractivity contribution in [2.24, 2.45) is 0 Å². The fourth-order valence-electron chi connectivity index (χ4n) is 2.67. The van der Waals surface area contributed by atoms with Gasteiger partial charge in [0.25, 0.3) is 10.0 Å². The molecule has 0 saturated carbocycles. The maximum Gasteiger partial charge on any atom is 0.264 e. The van der Waals surface area contributed by atoms with Gasteiger partial charge in [-0.15, -0.1) is 0 Å². The Morgan fingerprint density at radius 3 is 2.47 bits per heavy atom. The quantitative estimate of drug-likeness (QED) is 0.354. The zero-order valence-electron chi connectivity index (χ0n) is 17.6. The highest BCUT2D eigenvalue weighted by Crippen LogP contribution is 2.20. The number of nitrogens with zero attached hydrogens (tertiary/aromatic N) is 2. The second-order valence-electron chi connectivity index (χ2n) is 6.76. The Balaban J connectivity index is 1.62. The first kappa shape index (κ1) is 23.0. The molecule has 0 spiro atoms. The summed E-state index contributed by atoms with van der Waals surface area (Å²) in [6.07, 6.45) is 7.95. The summed E-state index contributed by atoms with van der Waals surface area (Å²) < 4.78 is 32.9. The Labute approximate surface area is 187 Å². The minimum Gasteiger partial charge on any atom is -0.493 e. The van der Waals surface area contributed by atoms with E-state index >= 15 is 0 Å². The number of ether oxygens (including phenoxy) is 1. The lowest BCUT2D eigenvalue weighted by Crippen LogP contribution is -2.15. The fraction of sp³-hybridized carbons (Fsp3) is 0.174. The van der Waals surface area contributed by atoms with E-state index in [2.05, 4.69) is 26.9 Å². The van der Waals surface area contributed by atoms with Gasteiger partial charge in [0.2, 0.25) is 11.9 Å². The van der Waals surface area contributed by atoms with Crippen LogP contribution < -0.4 is 14.8 Å². The van der Waals surface area contributed by atoms with E-state index in [0.717, 1.165) is 24.2 Å². The number of carbonyl (C=O) groups excluding carboxylic acids is 1. The summed E-state index contributed by atoms with van der Waals surface area (Å²) in [6, 6.07) is 14.9. The molecule has 0 unspecified atom stereocenters. The number of sulfonamides is 1. The number of hydrogen-bond acceptors (Lipinski definition) is 6. The van der Waals surface area contributed by atoms with Crippen molar-refractivity contribution in [1.82, 2.24) is 9.97 Å². The monoisotopic (exact) mass is 452 g/mol. The highest BCUT2D eigenvalue weighted by Gasteiger charge is 2.15. The van der Waals surface area contributed by atoms with Crippen LogP contribution in [0.5, 0.6) is 5.75 Å². The van der Waals surface area contributed by atoms with Gasteiger partial charge in [0.05, 0.1) is 11.5 Å². The van der Waals surface area contributed by atoms with Crippen LogP contribution in [0.25, 0.3) is 6.08 Å². The van der Waals surface area contributed by atoms with Crippen molar-refractivity contribution in [2.75, 3.05) is 16.6 Å². The summed E-state index contributed by atoms with van der Waals surface area (Å²) in [7, 11) is -3.83. The average molecular weight is 453 g/mol. The summed E-state index contributed by atoms with van der Waals surface area (Å²) in [4.78, 5) is 20.0. The summed E-state index contributed by atoms with van der Waals surface area (Å²) in [5, 5.41) is 2.71. The van der Waals surface area contributed by atoms with Crippen LogP contribution in [0, 0.1) is 0 Å². The molecule has 1 amide bonds. The van der Waals surface area contributed by atoms with Gasteiger partial charge in [-0.25, -0.2) is 23.1 Å². The van der Waals surface area contributed by atoms with Gasteiger partial charge in [0.15, 0.2) is 0 Å². The highest BCUT2D eigenvalue weighted by molar-refractivity contribution is 7.92. The lowest BCUT2D eigenvalue weighted by molar-refractivity contribution is -0.111. The van der Waals surface area contributed by atoms with Crippen molar-refractivity contribution in [3.8, 4) is 5.75 Å². The number of benzene rings is 2. The number of hydrogen-bond donors (Lipinski definition) is 2. The van der Waals surface area contributed by atoms with Crippen molar-refractivity contribution in [3.05, 3.63) is 78.6 Å². The third-order valence-electron chi connectivity index (χ3n) is 4.31. The van der Waals surface area contributed by atoms with Gasteiger partial charge in [0, 0.05) is 29.7 Å². The highest BCUT2D eigenvalue weighted by atomic mass is 32.2. The third kappa shape index (κ3) is 6.64. The van der Waals surface area contributed by atoms with Crippen LogP contribution in [0.2, 0.25) is 0 Å². The second-order valence-corrected chi connectivity index (χ2v) is 8.45. The molecule has 0 saturated heterocycles. The Bertz CT molecular complexity index is 1160. The molecule has 0 aliphatic carbocycles. The van der Waals surface area contributed by atoms with Crippen LogP contribution in [0.15, 0.2) is 78.0 Å². The Kier molecular flexibility index (Phi) is 7.93. The van der Waals surface area contributed by atoms with E-state index < -0.39 is 10.0 Å². The number of unbranched alkanes of at least 4 members (excludes halogenated alkanes) is 1. The summed E-state index contributed by atoms with van der Waals surface area (Å²) >= 11 is 0. The molecule has 9 heteroatoms. The molecule has 2 N–H and O–H groups in total. The van der Waals surface area contributed by atoms with Crippen LogP contribution in [0.3, 0.4) is 0 Å². The number of nitrogens with one attached hydrogen (secondary N) is 2. The van der Waals surface area contributed by atoms with Crippen LogP contribution in [-0.4, -0.2) is 30.9 Å². The molecule has 166 valence electrons. The lowest BCUT2D eigenvalue weighted by Gasteiger charge is -2.09. The first-order valence-corrected chi connectivity index (χ1v) is 11.6. The number of aromatic nitrogens is 2. The van der Waals surface area contributed by atoms with Crippen LogP contribution in [0.4, 0.5) is 11.6 Å². The number of rotatable bonds is 10. The molecule has 0 bridgehead atoms. The molecule has 0 aliphatic rings. The Morgan fingerprint density at radius 1 is 1.03 bits per heavy atom. The number of para-hydroxylation sites is 1. The first-order valence-electron chi connectivity index (χ1n) is 10.1. The van der Waals surface area contributed by atoms with Gasteiger partial charge in [-0.3, -0.25) is 4.79 Å². The van der Waals surface area contributed by atoms with E-state index in [0.29, 0.717) is 12.3 Å². The molecule has 8 nitrogen and oxygen atoms in total. The van der Waals surface area contributed by atoms with Gasteiger partial charge >= 0.3 is 0 Å². The van der Waals surface area contributed by atoms with Gasteiger partial charge in [-0.05, 0) is 48.9 Å². The minimum absolute atomic E-state index is 0.0195. The Morgan fingerprint density at radius 2 is 1.75 bits per heavy atom. The molecular formula is C23H24N4O4S. The second kappa shape index (κ2) is 11.1. The van der Waals surface area contributed by atoms with Crippen molar-refractivity contribution >= 4 is 33.6 Å². The van der Waals surface area contributed by atoms with E-state index in [4.69, 9.17) is 4.74 Å². The minimum atomic E-state index is -3.83. The normalized spacial score (nSPS) is 11.3. The molecular weight excluding hydrogens is 428 g/mol. The Hall–Kier alpha value is -3.72. The largest absolute Gasteiger partial charge is 0.493 e. The first-order chi connectivity index (χ1) is 15.5. The van der Waals surface area contributed by atoms with Gasteiger partial charge in [-0.2, -0.15) is 0 Å². The number of anilines is 2. The van der Waals surface area contributed by atoms with E-state index in [9.17, 15) is 13.2 Å². The van der Waals surface area contributed by atoms with Gasteiger partial charge < -0.3 is 10.1 Å². The average Bonchev–Trinajstić information content (AvgIpc) is 2.79. The van der Waals surface area contributed by atoms with Gasteiger partial charge in [-0.1, -0.05) is 31.5 Å². The fourth-order valence-corrected chi connectivity index (χ4v) is 3.63. The molecule has 0 radical (unpaired) electrons. The van der Waals surface area contributed by atoms with E-state index in [1.54, 1.807) is 12.1 Å². The van der Waals surface area contributed by atoms with Crippen molar-refractivity contribution in [1.29, 1.82) is 0 Å². The predicted octanol–water partition coefficient (Wildman–Crippen LogP) is 4.11. The van der Waals surface area contributed by atoms with Crippen LogP contribution >= 0.6 is 0 Å². The maximum atomic E-state index is 12.4. The molecule has 32 heavy (non-hydrogen) atoms. The zero-order chi connectivity index (χ0) is 22.8. The lowest BCUT2D eigenvalue weighted by atomic mass is 10.2. The van der Waals surface area contributed by atoms with Crippen molar-refractivity contribution in [2.45, 2.75) is 24.7 Å². The predicted molar refractivity (Wildman–Crippen MR) is 124 cm³/mol. The van der Waals surface area contributed by atoms with Gasteiger partial charge in [0.1, 0.15) is 5.75 Å². The summed E-state index contributed by atoms with van der Waals surface area (Å²) in [6.45, 7) is 2.71. The molecule has 1 aromatic heterocycles. The maximum absolute atomic E-state index is 12.4. The zero-order valence-corrected chi connectivity index (χ0v) is 18.4. The summed E-state index contributed by atoms with van der Waals surface area (Å²) in [5.74, 6) is 0.350. The molecule has 0 fully saturated rings. The van der Waals surface area contributed by atoms with E-state index in [1.807, 2.05) is 24.3 Å². The van der Waals surface area contributed by atoms with E-state index in [1.165, 1.54) is 42.7 Å². The number of carbonyl (C=O) groups is 1. The summed E-state index contributed by atoms with van der Waals surface area (Å²) in [5.41, 5.74) is 1.26. The standard InChI is InChI=1S/C23H24N4O4S/c1-2-3-17-31-21-8-5-4-7-18(21)9-14-22(28)26-19-10-12-20(13-11-19)32(29,30)27-23-24-15-6-16-25-23/h4-16H,2-3,17H2,1H3,(H,26,28)(H,24,25,27)/b14-9+. The van der Waals surface area contributed by atoms with E-state index in [-0.39, 0.29) is 16.8 Å². The van der Waals surface area contributed by atoms with Crippen molar-refractivity contribution < 1.29 is 17.9 Å². The molecule has 0 aliphatic heterocycles. The van der Waals surface area contributed by atoms with Crippen molar-refractivity contribution in [3.63, 3.8) is 0 Å².